The van der Waals surface area contributed by atoms with E-state index in [4.69, 9.17) is 0 Å². The molecular formula is C34H24CaN6O12S2. The third-order valence-corrected chi connectivity index (χ3v) is 9.54. The largest absolute Gasteiger partial charge is 2.00 e. The van der Waals surface area contributed by atoms with E-state index in [0.29, 0.717) is 21.9 Å². The zero-order valence-corrected chi connectivity index (χ0v) is 32.3. The minimum Gasteiger partial charge on any atom is -0.744 e. The van der Waals surface area contributed by atoms with Crippen LogP contribution in [0.4, 0.5) is 34.1 Å². The van der Waals surface area contributed by atoms with Gasteiger partial charge in [0.15, 0.2) is 11.4 Å². The number of aromatic hydroxyl groups is 2. The Morgan fingerprint density at radius 3 is 1.16 bits per heavy atom. The summed E-state index contributed by atoms with van der Waals surface area (Å²) in [6.45, 7) is 3.19. The molecule has 0 radical (unpaired) electrons. The van der Waals surface area contributed by atoms with Gasteiger partial charge in [0.1, 0.15) is 43.1 Å². The van der Waals surface area contributed by atoms with Crippen LogP contribution in [0.25, 0.3) is 21.5 Å². The molecule has 0 aliphatic carbocycles. The van der Waals surface area contributed by atoms with Gasteiger partial charge in [-0.1, -0.05) is 60.7 Å². The van der Waals surface area contributed by atoms with Crippen molar-refractivity contribution >= 4 is 114 Å². The molecule has 0 bridgehead atoms. The molecule has 6 aromatic carbocycles. The van der Waals surface area contributed by atoms with E-state index in [0.717, 1.165) is 12.1 Å². The topological polar surface area (TPSA) is 291 Å². The van der Waals surface area contributed by atoms with Crippen molar-refractivity contribution in [2.75, 3.05) is 0 Å². The normalized spacial score (nSPS) is 11.7. The van der Waals surface area contributed by atoms with Gasteiger partial charge in [-0.05, 0) is 60.0 Å². The van der Waals surface area contributed by atoms with Crippen LogP contribution in [-0.2, 0) is 20.2 Å². The van der Waals surface area contributed by atoms with Gasteiger partial charge >= 0.3 is 37.7 Å². The van der Waals surface area contributed by atoms with Crippen LogP contribution in [0, 0.1) is 34.1 Å². The van der Waals surface area contributed by atoms with Crippen LogP contribution in [0.15, 0.2) is 127 Å². The molecule has 6 aromatic rings. The fourth-order valence-electron chi connectivity index (χ4n) is 5.29. The molecule has 0 aliphatic heterocycles. The summed E-state index contributed by atoms with van der Waals surface area (Å²) in [7, 11) is -9.70. The van der Waals surface area contributed by atoms with Crippen LogP contribution in [-0.4, -0.2) is 83.7 Å². The number of nitro benzene ring substituents is 2. The quantitative estimate of drug-likeness (QED) is 0.0489. The maximum absolute atomic E-state index is 11.6. The molecule has 6 rings (SSSR count). The molecule has 0 unspecified atom stereocenters. The maximum Gasteiger partial charge on any atom is 2.00 e. The molecule has 0 heterocycles. The van der Waals surface area contributed by atoms with E-state index in [1.165, 1.54) is 60.7 Å². The van der Waals surface area contributed by atoms with Crippen molar-refractivity contribution in [1.82, 2.24) is 0 Å². The van der Waals surface area contributed by atoms with Gasteiger partial charge in [-0.3, -0.25) is 20.2 Å². The van der Waals surface area contributed by atoms with E-state index in [2.05, 4.69) is 20.5 Å². The number of phenols is 2. The average Bonchev–Trinajstić information content (AvgIpc) is 3.10. The fraction of sp³-hybridized carbons (Fsp3) is 0.0588. The summed E-state index contributed by atoms with van der Waals surface area (Å²) < 4.78 is 69.5. The Labute approximate surface area is 341 Å². The van der Waals surface area contributed by atoms with Gasteiger partial charge in [0.25, 0.3) is 11.4 Å². The zero-order chi connectivity index (χ0) is 39.5. The summed E-state index contributed by atoms with van der Waals surface area (Å²) >= 11 is 0. The molecular weight excluding hydrogens is 789 g/mol. The number of azo groups is 2. The van der Waals surface area contributed by atoms with E-state index in [-0.39, 0.29) is 82.6 Å². The second-order valence-corrected chi connectivity index (χ2v) is 14.0. The number of phenolic OH excluding ortho intramolecular Hbond substituents is 2. The van der Waals surface area contributed by atoms with Crippen LogP contribution in [0.1, 0.15) is 11.1 Å². The van der Waals surface area contributed by atoms with Crippen molar-refractivity contribution in [2.45, 2.75) is 23.6 Å². The molecule has 276 valence electrons. The zero-order valence-electron chi connectivity index (χ0n) is 28.4. The number of nitrogens with zero attached hydrogens (tertiary/aromatic N) is 6. The molecule has 0 saturated carbocycles. The van der Waals surface area contributed by atoms with E-state index in [1.54, 1.807) is 38.1 Å². The smallest absolute Gasteiger partial charge is 0.744 e. The summed E-state index contributed by atoms with van der Waals surface area (Å²) in [5, 5.41) is 58.5. The Bertz CT molecular complexity index is 2610. The Hall–Kier alpha value is -5.48. The number of benzene rings is 6. The van der Waals surface area contributed by atoms with Gasteiger partial charge < -0.3 is 19.3 Å². The number of hydrogen-bond donors (Lipinski definition) is 2. The van der Waals surface area contributed by atoms with Crippen LogP contribution in [0.2, 0.25) is 0 Å². The molecule has 0 saturated heterocycles. The second kappa shape index (κ2) is 16.9. The second-order valence-electron chi connectivity index (χ2n) is 11.3. The SMILES string of the molecule is Cc1cccc([N+](=O)[O-])c1N=Nc1c(O)ccc2cccc(S(=O)(=O)[O-])c12.Cc1cccc([N+](=O)[O-])c1N=Nc1c(O)ccc2cccc(S(=O)(=O)[O-])c12.[Ca+2]. The van der Waals surface area contributed by atoms with E-state index >= 15 is 0 Å². The summed E-state index contributed by atoms with van der Waals surface area (Å²) in [6, 6.07) is 22.1. The summed E-state index contributed by atoms with van der Waals surface area (Å²) in [6.07, 6.45) is 0. The van der Waals surface area contributed by atoms with Crippen molar-refractivity contribution in [3.63, 3.8) is 0 Å². The molecule has 0 aliphatic rings. The third kappa shape index (κ3) is 9.25. The van der Waals surface area contributed by atoms with Gasteiger partial charge in [0.2, 0.25) is 0 Å². The van der Waals surface area contributed by atoms with Gasteiger partial charge in [-0.25, -0.2) is 16.8 Å². The molecule has 0 atom stereocenters. The van der Waals surface area contributed by atoms with E-state index < -0.39 is 51.4 Å². The molecule has 55 heavy (non-hydrogen) atoms. The number of fused-ring (bicyclic) bond motifs is 2. The van der Waals surface area contributed by atoms with Crippen molar-refractivity contribution in [3.8, 4) is 11.5 Å². The third-order valence-electron chi connectivity index (χ3n) is 7.78. The first-order chi connectivity index (χ1) is 25.4. The first-order valence-electron chi connectivity index (χ1n) is 15.1. The fourth-order valence-corrected chi connectivity index (χ4v) is 6.71. The predicted molar refractivity (Wildman–Crippen MR) is 197 cm³/mol. The Kier molecular flexibility index (Phi) is 13.0. The average molecular weight is 813 g/mol. The Morgan fingerprint density at radius 1 is 0.509 bits per heavy atom. The molecule has 21 heteroatoms. The number of rotatable bonds is 8. The van der Waals surface area contributed by atoms with Crippen molar-refractivity contribution in [1.29, 1.82) is 0 Å². The van der Waals surface area contributed by atoms with Gasteiger partial charge in [-0.15, -0.1) is 20.5 Å². The molecule has 0 fully saturated rings. The molecule has 18 nitrogen and oxygen atoms in total. The van der Waals surface area contributed by atoms with Crippen molar-refractivity contribution in [3.05, 3.63) is 128 Å². The van der Waals surface area contributed by atoms with Gasteiger partial charge in [0, 0.05) is 22.9 Å². The summed E-state index contributed by atoms with van der Waals surface area (Å²) in [5.41, 5.74) is -0.276. The Morgan fingerprint density at radius 2 is 0.836 bits per heavy atom. The molecule has 0 amide bonds. The molecule has 0 aromatic heterocycles. The minimum absolute atomic E-state index is 0. The number of nitro groups is 2. The summed E-state index contributed by atoms with van der Waals surface area (Å²) in [4.78, 5) is 20.0. The van der Waals surface area contributed by atoms with Crippen LogP contribution >= 0.6 is 0 Å². The standard InChI is InChI=1S/2C17H13N3O6S.Ca/c2*1-10-4-2-6-12(20(22)23)16(10)18-19-17-13(21)9-8-11-5-3-7-14(15(11)17)27(24,25)26;/h2*2-9,21H,1H3,(H,24,25,26);/q;;+2/p-2. The van der Waals surface area contributed by atoms with Crippen LogP contribution in [0.3, 0.4) is 0 Å². The predicted octanol–water partition coefficient (Wildman–Crippen LogP) is 7.78. The number of aryl methyl sites for hydroxylation is 2. The molecule has 2 N–H and O–H groups in total. The van der Waals surface area contributed by atoms with Crippen molar-refractivity contribution < 1.29 is 46.0 Å². The maximum atomic E-state index is 11.6. The Balaban J connectivity index is 0.000000240. The first-order valence-corrected chi connectivity index (χ1v) is 17.9. The van der Waals surface area contributed by atoms with Gasteiger partial charge in [-0.2, -0.15) is 0 Å². The molecule has 0 spiro atoms. The van der Waals surface area contributed by atoms with Gasteiger partial charge in [0.05, 0.1) is 19.6 Å². The number of hydrogen-bond acceptors (Lipinski definition) is 16. The van der Waals surface area contributed by atoms with Crippen molar-refractivity contribution in [2.24, 2.45) is 20.5 Å². The van der Waals surface area contributed by atoms with Crippen LogP contribution in [0.5, 0.6) is 11.5 Å². The minimum atomic E-state index is -4.85. The first kappa shape index (κ1) is 42.3. The van der Waals surface area contributed by atoms with E-state index in [1.807, 2.05) is 0 Å². The van der Waals surface area contributed by atoms with Crippen LogP contribution < -0.4 is 0 Å². The monoisotopic (exact) mass is 812 g/mol. The summed E-state index contributed by atoms with van der Waals surface area (Å²) in [5.74, 6) is -0.836. The van der Waals surface area contributed by atoms with E-state index in [9.17, 15) is 56.4 Å².